The van der Waals surface area contributed by atoms with Gasteiger partial charge in [-0.05, 0) is 46.5 Å². The molecule has 0 spiro atoms. The van der Waals surface area contributed by atoms with Gasteiger partial charge in [-0.2, -0.15) is 0 Å². The van der Waals surface area contributed by atoms with Gasteiger partial charge >= 0.3 is 0 Å². The Morgan fingerprint density at radius 3 is 0.721 bits per heavy atom. The summed E-state index contributed by atoms with van der Waals surface area (Å²) in [4.78, 5) is 29.2. The van der Waals surface area contributed by atoms with Crippen LogP contribution in [0.2, 0.25) is 0 Å². The minimum atomic E-state index is 0.623. The predicted octanol–water partition coefficient (Wildman–Crippen LogP) is 13.3. The molecular weight excluding hydrogens is 749 g/mol. The number of hydrogen-bond acceptors (Lipinski definition) is 7. The van der Waals surface area contributed by atoms with Crippen molar-refractivity contribution in [2.24, 2.45) is 0 Å². The Balaban J connectivity index is 0.877. The molecule has 11 rings (SSSR count). The number of hydrogen-bond donors (Lipinski definition) is 0. The number of benzene rings is 8. The zero-order valence-corrected chi connectivity index (χ0v) is 32.7. The van der Waals surface area contributed by atoms with Crippen molar-refractivity contribution in [3.05, 3.63) is 206 Å². The molecule has 0 atom stereocenters. The first-order chi connectivity index (χ1) is 30.2. The number of furan rings is 1. The Kier molecular flexibility index (Phi) is 9.02. The molecule has 0 aliphatic carbocycles. The normalized spacial score (nSPS) is 11.3. The summed E-state index contributed by atoms with van der Waals surface area (Å²) in [7, 11) is 0. The summed E-state index contributed by atoms with van der Waals surface area (Å²) in [6, 6.07) is 69.6. The lowest BCUT2D eigenvalue weighted by Gasteiger charge is -2.09. The van der Waals surface area contributed by atoms with E-state index in [4.69, 9.17) is 34.3 Å². The molecule has 0 aliphatic heterocycles. The lowest BCUT2D eigenvalue weighted by Crippen LogP contribution is -2.00. The highest BCUT2D eigenvalue weighted by Crippen LogP contribution is 2.36. The molecule has 61 heavy (non-hydrogen) atoms. The van der Waals surface area contributed by atoms with Crippen molar-refractivity contribution in [1.29, 1.82) is 0 Å². The van der Waals surface area contributed by atoms with Crippen molar-refractivity contribution >= 4 is 21.9 Å². The van der Waals surface area contributed by atoms with E-state index in [0.717, 1.165) is 77.6 Å². The molecule has 0 radical (unpaired) electrons. The minimum absolute atomic E-state index is 0.623. The van der Waals surface area contributed by atoms with E-state index >= 15 is 0 Å². The summed E-state index contributed by atoms with van der Waals surface area (Å²) in [6.45, 7) is 0. The van der Waals surface area contributed by atoms with Gasteiger partial charge in [-0.1, -0.05) is 182 Å². The predicted molar refractivity (Wildman–Crippen MR) is 244 cm³/mol. The van der Waals surface area contributed by atoms with Crippen molar-refractivity contribution in [2.75, 3.05) is 0 Å². The second kappa shape index (κ2) is 15.4. The van der Waals surface area contributed by atoms with Crippen LogP contribution >= 0.6 is 0 Å². The molecule has 286 valence electrons. The average molecular weight is 783 g/mol. The van der Waals surface area contributed by atoms with Crippen LogP contribution in [0.1, 0.15) is 0 Å². The van der Waals surface area contributed by atoms with Crippen LogP contribution in [0.3, 0.4) is 0 Å². The fourth-order valence-corrected chi connectivity index (χ4v) is 7.64. The van der Waals surface area contributed by atoms with Crippen molar-refractivity contribution in [3.63, 3.8) is 0 Å². The fourth-order valence-electron chi connectivity index (χ4n) is 7.64. The number of aromatic nitrogens is 6. The first-order valence-corrected chi connectivity index (χ1v) is 20.1. The smallest absolute Gasteiger partial charge is 0.164 e. The summed E-state index contributed by atoms with van der Waals surface area (Å²) in [5, 5.41) is 2.14. The summed E-state index contributed by atoms with van der Waals surface area (Å²) >= 11 is 0. The van der Waals surface area contributed by atoms with Gasteiger partial charge in [0.05, 0.1) is 0 Å². The van der Waals surface area contributed by atoms with E-state index in [2.05, 4.69) is 84.9 Å². The molecule has 0 saturated heterocycles. The van der Waals surface area contributed by atoms with Gasteiger partial charge < -0.3 is 4.42 Å². The molecule has 7 nitrogen and oxygen atoms in total. The molecule has 3 aromatic heterocycles. The van der Waals surface area contributed by atoms with E-state index in [1.807, 2.05) is 121 Å². The Bertz CT molecular complexity index is 2980. The molecule has 3 heterocycles. The lowest BCUT2D eigenvalue weighted by atomic mass is 10.0. The Hall–Kier alpha value is -8.42. The molecule has 0 bridgehead atoms. The summed E-state index contributed by atoms with van der Waals surface area (Å²) in [5.41, 5.74) is 11.5. The summed E-state index contributed by atoms with van der Waals surface area (Å²) in [6.07, 6.45) is 0. The maximum Gasteiger partial charge on any atom is 0.164 e. The quantitative estimate of drug-likeness (QED) is 0.152. The fraction of sp³-hybridized carbons (Fsp3) is 0. The van der Waals surface area contributed by atoms with Crippen LogP contribution in [0, 0.1) is 0 Å². The van der Waals surface area contributed by atoms with Gasteiger partial charge in [-0.15, -0.1) is 0 Å². The first kappa shape index (κ1) is 35.7. The van der Waals surface area contributed by atoms with E-state index in [1.165, 1.54) is 0 Å². The molecule has 0 fully saturated rings. The highest BCUT2D eigenvalue weighted by molar-refractivity contribution is 6.07. The van der Waals surface area contributed by atoms with Crippen molar-refractivity contribution in [1.82, 2.24) is 29.9 Å². The van der Waals surface area contributed by atoms with E-state index < -0.39 is 0 Å². The molecule has 11 aromatic rings. The molecular formula is C54H34N6O. The van der Waals surface area contributed by atoms with E-state index in [9.17, 15) is 0 Å². The Morgan fingerprint density at radius 1 is 0.213 bits per heavy atom. The molecule has 0 N–H and O–H groups in total. The third-order valence-corrected chi connectivity index (χ3v) is 10.8. The van der Waals surface area contributed by atoms with Gasteiger partial charge in [-0.25, -0.2) is 29.9 Å². The van der Waals surface area contributed by atoms with Crippen LogP contribution in [-0.4, -0.2) is 29.9 Å². The van der Waals surface area contributed by atoms with E-state index in [-0.39, 0.29) is 0 Å². The minimum Gasteiger partial charge on any atom is -0.456 e. The lowest BCUT2D eigenvalue weighted by molar-refractivity contribution is 0.669. The highest BCUT2D eigenvalue weighted by Gasteiger charge is 2.16. The second-order valence-corrected chi connectivity index (χ2v) is 14.8. The van der Waals surface area contributed by atoms with Crippen LogP contribution in [0.5, 0.6) is 0 Å². The third-order valence-electron chi connectivity index (χ3n) is 10.8. The largest absolute Gasteiger partial charge is 0.456 e. The molecule has 0 saturated carbocycles. The SMILES string of the molecule is c1ccc(-c2nc(-c3ccccc3)nc(-c3ccc(-c4ccc5c(c4)oc4cc(-c6ccc(-c7nc(-c8ccccc8)nc(-c8ccccc8)n7)cc6)ccc45)cc3)n2)cc1. The third kappa shape index (κ3) is 7.11. The number of nitrogens with zero attached hydrogens (tertiary/aromatic N) is 6. The van der Waals surface area contributed by atoms with Crippen LogP contribution in [0.4, 0.5) is 0 Å². The highest BCUT2D eigenvalue weighted by atomic mass is 16.3. The maximum absolute atomic E-state index is 6.53. The average Bonchev–Trinajstić information content (AvgIpc) is 3.72. The van der Waals surface area contributed by atoms with E-state index in [1.54, 1.807) is 0 Å². The maximum atomic E-state index is 6.53. The molecule has 0 amide bonds. The Morgan fingerprint density at radius 2 is 0.443 bits per heavy atom. The van der Waals surface area contributed by atoms with Crippen LogP contribution < -0.4 is 0 Å². The van der Waals surface area contributed by atoms with E-state index in [0.29, 0.717) is 34.9 Å². The van der Waals surface area contributed by atoms with Crippen molar-refractivity contribution < 1.29 is 4.42 Å². The van der Waals surface area contributed by atoms with Gasteiger partial charge in [0, 0.05) is 44.2 Å². The van der Waals surface area contributed by atoms with Gasteiger partial charge in [0.1, 0.15) is 11.2 Å². The first-order valence-electron chi connectivity index (χ1n) is 20.1. The number of fused-ring (bicyclic) bond motifs is 3. The van der Waals surface area contributed by atoms with Crippen LogP contribution in [-0.2, 0) is 0 Å². The molecule has 0 unspecified atom stereocenters. The standard InChI is InChI=1S/C54H34N6O/c1-5-13-37(14-6-1)49-55-50(38-15-7-2-8-16-38)58-53(57-49)41-25-21-35(22-26-41)43-29-31-45-46-32-30-44(34-48(46)61-47(45)33-43)36-23-27-42(28-24-36)54-59-51(39-17-9-3-10-18-39)56-52(60-54)40-19-11-4-12-20-40/h1-34H. The Labute approximate surface area is 351 Å². The summed E-state index contributed by atoms with van der Waals surface area (Å²) < 4.78 is 6.53. The monoisotopic (exact) mass is 782 g/mol. The van der Waals surface area contributed by atoms with Crippen molar-refractivity contribution in [2.45, 2.75) is 0 Å². The molecule has 7 heteroatoms. The van der Waals surface area contributed by atoms with Gasteiger partial charge in [-0.3, -0.25) is 0 Å². The molecule has 0 aliphatic rings. The topological polar surface area (TPSA) is 90.5 Å². The second-order valence-electron chi connectivity index (χ2n) is 14.8. The van der Waals surface area contributed by atoms with Gasteiger partial charge in [0.2, 0.25) is 0 Å². The van der Waals surface area contributed by atoms with Crippen LogP contribution in [0.25, 0.3) is 113 Å². The van der Waals surface area contributed by atoms with Crippen LogP contribution in [0.15, 0.2) is 211 Å². The van der Waals surface area contributed by atoms with Gasteiger partial charge in [0.25, 0.3) is 0 Å². The zero-order chi connectivity index (χ0) is 40.5. The molecule has 8 aromatic carbocycles. The van der Waals surface area contributed by atoms with Crippen molar-refractivity contribution in [3.8, 4) is 90.6 Å². The zero-order valence-electron chi connectivity index (χ0n) is 32.7. The summed E-state index contributed by atoms with van der Waals surface area (Å²) in [5.74, 6) is 3.80. The van der Waals surface area contributed by atoms with Gasteiger partial charge in [0.15, 0.2) is 34.9 Å². The number of rotatable bonds is 8.